The molecule has 158 valence electrons. The van der Waals surface area contributed by atoms with E-state index in [1.807, 2.05) is 42.1 Å². The fraction of sp³-hybridized carbons (Fsp3) is 0.333. The maximum absolute atomic E-state index is 12.6. The van der Waals surface area contributed by atoms with E-state index in [1.165, 1.54) is 11.1 Å². The SMILES string of the molecule is COc1cccc([C@H](NC(=O)NCCc2ccc(C(C)C)cc2)c2nccn2C)c1. The smallest absolute Gasteiger partial charge is 0.315 e. The zero-order valence-electron chi connectivity index (χ0n) is 18.1. The molecule has 0 unspecified atom stereocenters. The van der Waals surface area contributed by atoms with Gasteiger partial charge in [-0.15, -0.1) is 0 Å². The standard InChI is InChI=1S/C24H30N4O2/c1-17(2)19-10-8-18(9-11-19)12-13-26-24(29)27-22(23-25-14-15-28(23)3)20-6-5-7-21(16-20)30-4/h5-11,14-17,22H,12-13H2,1-4H3,(H2,26,27,29)/t22-/m0/s1. The Bertz CT molecular complexity index is 963. The molecule has 0 saturated carbocycles. The van der Waals surface area contributed by atoms with Crippen LogP contribution in [0.3, 0.4) is 0 Å². The van der Waals surface area contributed by atoms with Crippen LogP contribution < -0.4 is 15.4 Å². The molecule has 0 radical (unpaired) electrons. The highest BCUT2D eigenvalue weighted by Gasteiger charge is 2.21. The lowest BCUT2D eigenvalue weighted by molar-refractivity contribution is 0.238. The largest absolute Gasteiger partial charge is 0.497 e. The molecule has 0 bridgehead atoms. The van der Waals surface area contributed by atoms with Gasteiger partial charge in [-0.05, 0) is 41.2 Å². The van der Waals surface area contributed by atoms with Gasteiger partial charge in [0, 0.05) is 26.0 Å². The Morgan fingerprint density at radius 1 is 1.13 bits per heavy atom. The van der Waals surface area contributed by atoms with Gasteiger partial charge in [-0.2, -0.15) is 0 Å². The van der Waals surface area contributed by atoms with E-state index in [4.69, 9.17) is 4.74 Å². The highest BCUT2D eigenvalue weighted by Crippen LogP contribution is 2.24. The summed E-state index contributed by atoms with van der Waals surface area (Å²) in [5, 5.41) is 6.01. The van der Waals surface area contributed by atoms with Crippen LogP contribution in [-0.4, -0.2) is 29.2 Å². The van der Waals surface area contributed by atoms with Gasteiger partial charge >= 0.3 is 6.03 Å². The minimum absolute atomic E-state index is 0.232. The Balaban J connectivity index is 1.64. The molecular formula is C24H30N4O2. The summed E-state index contributed by atoms with van der Waals surface area (Å²) >= 11 is 0. The minimum atomic E-state index is -0.384. The van der Waals surface area contributed by atoms with Crippen molar-refractivity contribution in [3.05, 3.63) is 83.4 Å². The molecule has 0 spiro atoms. The van der Waals surface area contributed by atoms with E-state index in [1.54, 1.807) is 13.3 Å². The number of nitrogens with one attached hydrogen (secondary N) is 2. The molecule has 1 heterocycles. The zero-order valence-corrected chi connectivity index (χ0v) is 18.1. The van der Waals surface area contributed by atoms with Crippen LogP contribution in [0.25, 0.3) is 0 Å². The summed E-state index contributed by atoms with van der Waals surface area (Å²) in [5.74, 6) is 2.00. The molecule has 0 saturated heterocycles. The number of rotatable bonds is 8. The second-order valence-corrected chi connectivity index (χ2v) is 7.65. The van der Waals surface area contributed by atoms with Crippen molar-refractivity contribution in [1.29, 1.82) is 0 Å². The van der Waals surface area contributed by atoms with Crippen molar-refractivity contribution in [2.75, 3.05) is 13.7 Å². The van der Waals surface area contributed by atoms with Crippen molar-refractivity contribution >= 4 is 6.03 Å². The first-order chi connectivity index (χ1) is 14.5. The van der Waals surface area contributed by atoms with Gasteiger partial charge in [-0.25, -0.2) is 9.78 Å². The summed E-state index contributed by atoms with van der Waals surface area (Å²) in [6.45, 7) is 4.92. The normalized spacial score (nSPS) is 11.9. The maximum Gasteiger partial charge on any atom is 0.315 e. The molecule has 0 aliphatic heterocycles. The highest BCUT2D eigenvalue weighted by atomic mass is 16.5. The summed E-state index contributed by atoms with van der Waals surface area (Å²) in [4.78, 5) is 17.1. The molecule has 0 fully saturated rings. The van der Waals surface area contributed by atoms with E-state index < -0.39 is 0 Å². The van der Waals surface area contributed by atoms with Crippen molar-refractivity contribution < 1.29 is 9.53 Å². The van der Waals surface area contributed by atoms with Crippen LogP contribution in [0, 0.1) is 0 Å². The van der Waals surface area contributed by atoms with Crippen LogP contribution in [0.15, 0.2) is 60.9 Å². The fourth-order valence-electron chi connectivity index (χ4n) is 3.35. The van der Waals surface area contributed by atoms with E-state index >= 15 is 0 Å². The van der Waals surface area contributed by atoms with Gasteiger partial charge in [-0.3, -0.25) is 0 Å². The molecule has 2 amide bonds. The number of benzene rings is 2. The summed E-state index contributed by atoms with van der Waals surface area (Å²) in [6, 6.07) is 15.6. The molecule has 0 aliphatic carbocycles. The summed E-state index contributed by atoms with van der Waals surface area (Å²) in [5.41, 5.74) is 3.43. The maximum atomic E-state index is 12.6. The summed E-state index contributed by atoms with van der Waals surface area (Å²) in [7, 11) is 3.54. The minimum Gasteiger partial charge on any atom is -0.497 e. The molecule has 6 nitrogen and oxygen atoms in total. The number of ether oxygens (including phenoxy) is 1. The molecule has 1 aromatic heterocycles. The second-order valence-electron chi connectivity index (χ2n) is 7.65. The molecule has 1 atom stereocenters. The number of carbonyl (C=O) groups excluding carboxylic acids is 1. The molecule has 2 N–H and O–H groups in total. The van der Waals surface area contributed by atoms with E-state index in [0.29, 0.717) is 12.5 Å². The van der Waals surface area contributed by atoms with E-state index in [9.17, 15) is 4.79 Å². The van der Waals surface area contributed by atoms with Gasteiger partial charge in [0.2, 0.25) is 0 Å². The first-order valence-electron chi connectivity index (χ1n) is 10.2. The van der Waals surface area contributed by atoms with Gasteiger partial charge < -0.3 is 19.9 Å². The number of nitrogens with zero attached hydrogens (tertiary/aromatic N) is 2. The summed E-state index contributed by atoms with van der Waals surface area (Å²) < 4.78 is 7.24. The number of imidazole rings is 1. The first-order valence-corrected chi connectivity index (χ1v) is 10.2. The fourth-order valence-corrected chi connectivity index (χ4v) is 3.35. The second kappa shape index (κ2) is 9.96. The third-order valence-electron chi connectivity index (χ3n) is 5.16. The van der Waals surface area contributed by atoms with Crippen LogP contribution in [-0.2, 0) is 13.5 Å². The van der Waals surface area contributed by atoms with Crippen molar-refractivity contribution in [3.63, 3.8) is 0 Å². The zero-order chi connectivity index (χ0) is 21.5. The molecule has 3 rings (SSSR count). The number of carbonyl (C=O) groups is 1. The summed E-state index contributed by atoms with van der Waals surface area (Å²) in [6.07, 6.45) is 4.36. The van der Waals surface area contributed by atoms with Crippen molar-refractivity contribution in [2.45, 2.75) is 32.2 Å². The molecule has 3 aromatic rings. The predicted molar refractivity (Wildman–Crippen MR) is 119 cm³/mol. The topological polar surface area (TPSA) is 68.2 Å². The third-order valence-corrected chi connectivity index (χ3v) is 5.16. The van der Waals surface area contributed by atoms with Gasteiger partial charge in [-0.1, -0.05) is 50.2 Å². The lowest BCUT2D eigenvalue weighted by atomic mass is 10.0. The Morgan fingerprint density at radius 3 is 2.53 bits per heavy atom. The average Bonchev–Trinajstić information content (AvgIpc) is 3.18. The highest BCUT2D eigenvalue weighted by molar-refractivity contribution is 5.74. The number of aryl methyl sites for hydroxylation is 1. The van der Waals surface area contributed by atoms with Crippen LogP contribution in [0.2, 0.25) is 0 Å². The lowest BCUT2D eigenvalue weighted by Gasteiger charge is -2.20. The monoisotopic (exact) mass is 406 g/mol. The molecular weight excluding hydrogens is 376 g/mol. The van der Waals surface area contributed by atoms with Crippen LogP contribution >= 0.6 is 0 Å². The Hall–Kier alpha value is -3.28. The number of methoxy groups -OCH3 is 1. The van der Waals surface area contributed by atoms with Crippen molar-refractivity contribution in [3.8, 4) is 5.75 Å². The van der Waals surface area contributed by atoms with E-state index in [0.717, 1.165) is 23.6 Å². The Morgan fingerprint density at radius 2 is 1.90 bits per heavy atom. The number of hydrogen-bond acceptors (Lipinski definition) is 3. The quantitative estimate of drug-likeness (QED) is 0.590. The van der Waals surface area contributed by atoms with Crippen LogP contribution in [0.5, 0.6) is 5.75 Å². The number of hydrogen-bond donors (Lipinski definition) is 2. The third kappa shape index (κ3) is 5.41. The molecule has 0 aliphatic rings. The van der Waals surface area contributed by atoms with Gasteiger partial charge in [0.25, 0.3) is 0 Å². The van der Waals surface area contributed by atoms with Crippen LogP contribution in [0.1, 0.15) is 48.3 Å². The van der Waals surface area contributed by atoms with Gasteiger partial charge in [0.05, 0.1) is 7.11 Å². The Kier molecular flexibility index (Phi) is 7.12. The van der Waals surface area contributed by atoms with E-state index in [2.05, 4.69) is 53.7 Å². The molecule has 30 heavy (non-hydrogen) atoms. The first kappa shape index (κ1) is 21.4. The lowest BCUT2D eigenvalue weighted by Crippen LogP contribution is -2.40. The number of urea groups is 1. The van der Waals surface area contributed by atoms with Crippen LogP contribution in [0.4, 0.5) is 4.79 Å². The van der Waals surface area contributed by atoms with Crippen molar-refractivity contribution in [1.82, 2.24) is 20.2 Å². The average molecular weight is 407 g/mol. The predicted octanol–water partition coefficient (Wildman–Crippen LogP) is 4.18. The Labute approximate surface area is 178 Å². The van der Waals surface area contributed by atoms with Gasteiger partial charge in [0.15, 0.2) is 0 Å². The van der Waals surface area contributed by atoms with Gasteiger partial charge in [0.1, 0.15) is 17.6 Å². The van der Waals surface area contributed by atoms with E-state index in [-0.39, 0.29) is 12.1 Å². The number of amides is 2. The molecule has 6 heteroatoms. The number of aromatic nitrogens is 2. The van der Waals surface area contributed by atoms with Crippen molar-refractivity contribution in [2.24, 2.45) is 7.05 Å². The molecule has 2 aromatic carbocycles.